The molecule has 0 amide bonds. The van der Waals surface area contributed by atoms with E-state index in [-0.39, 0.29) is 6.10 Å². The molecule has 0 saturated carbocycles. The van der Waals surface area contributed by atoms with E-state index in [9.17, 15) is 8.42 Å². The summed E-state index contributed by atoms with van der Waals surface area (Å²) in [6.07, 6.45) is 2.68. The molecule has 2 aliphatic heterocycles. The summed E-state index contributed by atoms with van der Waals surface area (Å²) in [4.78, 5) is 0. The van der Waals surface area contributed by atoms with Crippen LogP contribution >= 0.6 is 0 Å². The molecule has 0 spiro atoms. The summed E-state index contributed by atoms with van der Waals surface area (Å²) in [6, 6.07) is 0. The van der Waals surface area contributed by atoms with E-state index >= 15 is 0 Å². The minimum Gasteiger partial charge on any atom is -0.381 e. The molecule has 106 valence electrons. The van der Waals surface area contributed by atoms with E-state index in [1.54, 1.807) is 15.7 Å². The van der Waals surface area contributed by atoms with Gasteiger partial charge in [0.2, 0.25) is 0 Å². The molecule has 0 unspecified atom stereocenters. The van der Waals surface area contributed by atoms with Crippen LogP contribution in [-0.4, -0.2) is 69.5 Å². The lowest BCUT2D eigenvalue weighted by Gasteiger charge is -2.34. The molecule has 2 rings (SSSR count). The van der Waals surface area contributed by atoms with Crippen molar-refractivity contribution >= 4 is 10.2 Å². The minimum atomic E-state index is -3.27. The molecular formula is C11H23N3O3S. The molecule has 0 bridgehead atoms. The molecule has 2 heterocycles. The molecule has 0 aromatic rings. The Kier molecular flexibility index (Phi) is 4.97. The van der Waals surface area contributed by atoms with E-state index < -0.39 is 10.2 Å². The fraction of sp³-hybridized carbons (Fsp3) is 1.00. The zero-order chi connectivity index (χ0) is 13.0. The van der Waals surface area contributed by atoms with Gasteiger partial charge in [-0.3, -0.25) is 0 Å². The van der Waals surface area contributed by atoms with Crippen molar-refractivity contribution in [2.75, 3.05) is 46.4 Å². The molecule has 0 atom stereocenters. The van der Waals surface area contributed by atoms with Gasteiger partial charge in [0.05, 0.1) is 6.10 Å². The van der Waals surface area contributed by atoms with Crippen molar-refractivity contribution in [3.8, 4) is 0 Å². The van der Waals surface area contributed by atoms with Gasteiger partial charge in [-0.05, 0) is 25.8 Å². The van der Waals surface area contributed by atoms with E-state index in [1.165, 1.54) is 0 Å². The smallest absolute Gasteiger partial charge is 0.282 e. The van der Waals surface area contributed by atoms with Crippen LogP contribution in [0.25, 0.3) is 0 Å². The highest BCUT2D eigenvalue weighted by Crippen LogP contribution is 2.19. The molecule has 1 N–H and O–H groups in total. The number of nitrogens with one attached hydrogen (secondary N) is 1. The van der Waals surface area contributed by atoms with Gasteiger partial charge in [-0.15, -0.1) is 0 Å². The fourth-order valence-electron chi connectivity index (χ4n) is 2.51. The first kappa shape index (κ1) is 14.2. The van der Waals surface area contributed by atoms with Crippen LogP contribution in [0.4, 0.5) is 0 Å². The fourth-order valence-corrected chi connectivity index (χ4v) is 4.19. The molecule has 0 aliphatic carbocycles. The molecule has 6 nitrogen and oxygen atoms in total. The van der Waals surface area contributed by atoms with Gasteiger partial charge in [-0.2, -0.15) is 17.0 Å². The van der Waals surface area contributed by atoms with Crippen molar-refractivity contribution in [3.05, 3.63) is 0 Å². The lowest BCUT2D eigenvalue weighted by molar-refractivity contribution is 0.0591. The molecule has 2 saturated heterocycles. The van der Waals surface area contributed by atoms with Gasteiger partial charge >= 0.3 is 0 Å². The topological polar surface area (TPSA) is 61.9 Å². The van der Waals surface area contributed by atoms with Crippen LogP contribution < -0.4 is 5.32 Å². The minimum absolute atomic E-state index is 0.210. The summed E-state index contributed by atoms with van der Waals surface area (Å²) in [6.45, 7) is 3.99. The SMILES string of the molecule is COC1CCN(S(=O)(=O)N2CCCNCC2)CC1. The average molecular weight is 277 g/mol. The summed E-state index contributed by atoms with van der Waals surface area (Å²) in [5, 5.41) is 3.22. The first-order valence-corrected chi connectivity index (χ1v) is 8.03. The summed E-state index contributed by atoms with van der Waals surface area (Å²) >= 11 is 0. The maximum Gasteiger partial charge on any atom is 0.282 e. The summed E-state index contributed by atoms with van der Waals surface area (Å²) in [5.41, 5.74) is 0. The van der Waals surface area contributed by atoms with E-state index in [1.807, 2.05) is 0 Å². The van der Waals surface area contributed by atoms with Gasteiger partial charge < -0.3 is 10.1 Å². The molecule has 18 heavy (non-hydrogen) atoms. The second-order valence-electron chi connectivity index (χ2n) is 4.84. The number of nitrogens with zero attached hydrogens (tertiary/aromatic N) is 2. The monoisotopic (exact) mass is 277 g/mol. The highest BCUT2D eigenvalue weighted by Gasteiger charge is 2.32. The van der Waals surface area contributed by atoms with Gasteiger partial charge in [0.1, 0.15) is 0 Å². The summed E-state index contributed by atoms with van der Waals surface area (Å²) in [5.74, 6) is 0. The van der Waals surface area contributed by atoms with Crippen molar-refractivity contribution in [2.45, 2.75) is 25.4 Å². The Morgan fingerprint density at radius 3 is 2.39 bits per heavy atom. The highest BCUT2D eigenvalue weighted by atomic mass is 32.2. The van der Waals surface area contributed by atoms with Crippen LogP contribution in [0.3, 0.4) is 0 Å². The zero-order valence-corrected chi connectivity index (χ0v) is 11.8. The first-order valence-electron chi connectivity index (χ1n) is 6.63. The molecule has 0 aromatic heterocycles. The predicted molar refractivity (Wildman–Crippen MR) is 69.6 cm³/mol. The Labute approximate surface area is 109 Å². The number of hydrogen-bond acceptors (Lipinski definition) is 4. The van der Waals surface area contributed by atoms with Crippen LogP contribution in [0.1, 0.15) is 19.3 Å². The van der Waals surface area contributed by atoms with Gasteiger partial charge in [0.25, 0.3) is 10.2 Å². The zero-order valence-electron chi connectivity index (χ0n) is 11.0. The Morgan fingerprint density at radius 2 is 1.72 bits per heavy atom. The Balaban J connectivity index is 1.97. The molecule has 0 aromatic carbocycles. The molecule has 2 aliphatic rings. The molecule has 7 heteroatoms. The van der Waals surface area contributed by atoms with Gasteiger partial charge in [0.15, 0.2) is 0 Å². The van der Waals surface area contributed by atoms with Crippen molar-refractivity contribution in [1.29, 1.82) is 0 Å². The first-order chi connectivity index (χ1) is 8.64. The maximum atomic E-state index is 12.5. The standard InChI is InChI=1S/C11H23N3O3S/c1-17-11-3-8-14(9-4-11)18(15,16)13-7-2-5-12-6-10-13/h11-12H,2-10H2,1H3. The third kappa shape index (κ3) is 3.21. The van der Waals surface area contributed by atoms with Crippen molar-refractivity contribution in [3.63, 3.8) is 0 Å². The predicted octanol–water partition coefficient (Wildman–Crippen LogP) is -0.363. The maximum absolute atomic E-state index is 12.5. The number of hydrogen-bond donors (Lipinski definition) is 1. The quantitative estimate of drug-likeness (QED) is 0.765. The van der Waals surface area contributed by atoms with Crippen LogP contribution in [0.5, 0.6) is 0 Å². The van der Waals surface area contributed by atoms with Crippen LogP contribution in [0.15, 0.2) is 0 Å². The highest BCUT2D eigenvalue weighted by molar-refractivity contribution is 7.86. The summed E-state index contributed by atoms with van der Waals surface area (Å²) < 4.78 is 33.4. The van der Waals surface area contributed by atoms with Gasteiger partial charge in [-0.25, -0.2) is 0 Å². The Hall–Kier alpha value is -0.210. The largest absolute Gasteiger partial charge is 0.381 e. The van der Waals surface area contributed by atoms with Crippen molar-refractivity contribution in [2.24, 2.45) is 0 Å². The van der Waals surface area contributed by atoms with Crippen LogP contribution in [-0.2, 0) is 14.9 Å². The van der Waals surface area contributed by atoms with Crippen LogP contribution in [0, 0.1) is 0 Å². The third-order valence-electron chi connectivity index (χ3n) is 3.69. The normalized spacial score (nSPS) is 26.1. The van der Waals surface area contributed by atoms with Crippen LogP contribution in [0.2, 0.25) is 0 Å². The lowest BCUT2D eigenvalue weighted by Crippen LogP contribution is -2.49. The van der Waals surface area contributed by atoms with Crippen molar-refractivity contribution in [1.82, 2.24) is 13.9 Å². The van der Waals surface area contributed by atoms with E-state index in [0.29, 0.717) is 26.2 Å². The third-order valence-corrected chi connectivity index (χ3v) is 5.72. The second kappa shape index (κ2) is 6.29. The van der Waals surface area contributed by atoms with E-state index in [0.717, 1.165) is 32.4 Å². The van der Waals surface area contributed by atoms with Gasteiger partial charge in [0, 0.05) is 39.8 Å². The van der Waals surface area contributed by atoms with E-state index in [4.69, 9.17) is 4.74 Å². The average Bonchev–Trinajstić information content (AvgIpc) is 2.68. The lowest BCUT2D eigenvalue weighted by atomic mass is 10.1. The molecular weight excluding hydrogens is 254 g/mol. The number of ether oxygens (including phenoxy) is 1. The Morgan fingerprint density at radius 1 is 1.06 bits per heavy atom. The van der Waals surface area contributed by atoms with Crippen molar-refractivity contribution < 1.29 is 13.2 Å². The number of piperidine rings is 1. The summed E-state index contributed by atoms with van der Waals surface area (Å²) in [7, 11) is -1.58. The number of rotatable bonds is 3. The number of methoxy groups -OCH3 is 1. The van der Waals surface area contributed by atoms with E-state index in [2.05, 4.69) is 5.32 Å². The molecule has 2 fully saturated rings. The molecule has 0 radical (unpaired) electrons. The van der Waals surface area contributed by atoms with Gasteiger partial charge in [-0.1, -0.05) is 0 Å². The Bertz CT molecular complexity index is 345. The second-order valence-corrected chi connectivity index (χ2v) is 6.77.